The summed E-state index contributed by atoms with van der Waals surface area (Å²) in [5.74, 6) is -0.232. The standard InChI is InChI=1S/C22H19N3O2/c1-13-18(21(26)23-12-15-8-4-3-5-9-15)20-16-10-6-7-11-17(16)25-22(27)19(20)14(2)24-13/h3-11H,12H2,1-2H3,(H,23,26)(H,25,27). The number of benzene rings is 2. The summed E-state index contributed by atoms with van der Waals surface area (Å²) in [5, 5.41) is 4.92. The van der Waals surface area contributed by atoms with Crippen LogP contribution in [0.1, 0.15) is 27.3 Å². The Kier molecular flexibility index (Phi) is 4.20. The van der Waals surface area contributed by atoms with Crippen molar-refractivity contribution in [2.24, 2.45) is 0 Å². The van der Waals surface area contributed by atoms with Crippen LogP contribution in [0.4, 0.5) is 0 Å². The smallest absolute Gasteiger partial charge is 0.258 e. The van der Waals surface area contributed by atoms with E-state index in [4.69, 9.17) is 0 Å². The van der Waals surface area contributed by atoms with E-state index >= 15 is 0 Å². The Bertz CT molecular complexity index is 1230. The van der Waals surface area contributed by atoms with Crippen LogP contribution in [0.3, 0.4) is 0 Å². The van der Waals surface area contributed by atoms with Gasteiger partial charge in [0.15, 0.2) is 0 Å². The highest BCUT2D eigenvalue weighted by Crippen LogP contribution is 2.28. The number of amides is 1. The molecule has 0 saturated heterocycles. The van der Waals surface area contributed by atoms with Crippen molar-refractivity contribution in [2.45, 2.75) is 20.4 Å². The number of carbonyl (C=O) groups is 1. The molecule has 1 amide bonds. The van der Waals surface area contributed by atoms with E-state index in [0.717, 1.165) is 10.9 Å². The average Bonchev–Trinajstić information content (AvgIpc) is 2.66. The number of aromatic amines is 1. The zero-order valence-electron chi connectivity index (χ0n) is 15.2. The third kappa shape index (κ3) is 2.97. The predicted octanol–water partition coefficient (Wildman–Crippen LogP) is 3.62. The van der Waals surface area contributed by atoms with Gasteiger partial charge in [0, 0.05) is 22.8 Å². The van der Waals surface area contributed by atoms with Crippen molar-refractivity contribution in [1.29, 1.82) is 0 Å². The number of para-hydroxylation sites is 1. The lowest BCUT2D eigenvalue weighted by Gasteiger charge is -2.14. The number of aromatic nitrogens is 2. The monoisotopic (exact) mass is 357 g/mol. The summed E-state index contributed by atoms with van der Waals surface area (Å²) in [5.41, 5.74) is 3.17. The van der Waals surface area contributed by atoms with E-state index in [1.165, 1.54) is 0 Å². The summed E-state index contributed by atoms with van der Waals surface area (Å²) >= 11 is 0. The van der Waals surface area contributed by atoms with Crippen molar-refractivity contribution < 1.29 is 4.79 Å². The van der Waals surface area contributed by atoms with Gasteiger partial charge in [0.1, 0.15) is 0 Å². The molecule has 0 bridgehead atoms. The van der Waals surface area contributed by atoms with Gasteiger partial charge < -0.3 is 10.3 Å². The second kappa shape index (κ2) is 6.68. The van der Waals surface area contributed by atoms with Crippen molar-refractivity contribution >= 4 is 27.6 Å². The first-order valence-electron chi connectivity index (χ1n) is 8.80. The summed E-state index contributed by atoms with van der Waals surface area (Å²) in [4.78, 5) is 33.1. The largest absolute Gasteiger partial charge is 0.348 e. The van der Waals surface area contributed by atoms with E-state index in [2.05, 4.69) is 15.3 Å². The van der Waals surface area contributed by atoms with E-state index in [1.54, 1.807) is 13.8 Å². The Hall–Kier alpha value is -3.47. The lowest BCUT2D eigenvalue weighted by Crippen LogP contribution is -2.25. The number of aryl methyl sites for hydroxylation is 2. The van der Waals surface area contributed by atoms with Crippen LogP contribution >= 0.6 is 0 Å². The quantitative estimate of drug-likeness (QED) is 0.550. The van der Waals surface area contributed by atoms with Crippen molar-refractivity contribution in [3.63, 3.8) is 0 Å². The zero-order valence-corrected chi connectivity index (χ0v) is 15.2. The molecule has 5 nitrogen and oxygen atoms in total. The van der Waals surface area contributed by atoms with Crippen LogP contribution in [0.25, 0.3) is 21.7 Å². The molecule has 0 spiro atoms. The molecule has 2 aromatic heterocycles. The summed E-state index contributed by atoms with van der Waals surface area (Å²) in [6.07, 6.45) is 0. The molecule has 0 atom stereocenters. The van der Waals surface area contributed by atoms with Crippen molar-refractivity contribution in [3.05, 3.63) is 87.5 Å². The summed E-state index contributed by atoms with van der Waals surface area (Å²) in [6.45, 7) is 4.01. The number of carbonyl (C=O) groups excluding carboxylic acids is 1. The first-order valence-corrected chi connectivity index (χ1v) is 8.80. The maximum absolute atomic E-state index is 13.1. The number of hydrogen-bond acceptors (Lipinski definition) is 3. The molecule has 4 rings (SSSR count). The Morgan fingerprint density at radius 3 is 2.44 bits per heavy atom. The van der Waals surface area contributed by atoms with Gasteiger partial charge in [-0.25, -0.2) is 0 Å². The molecule has 0 aliphatic carbocycles. The fraction of sp³-hybridized carbons (Fsp3) is 0.136. The van der Waals surface area contributed by atoms with Gasteiger partial charge in [-0.1, -0.05) is 48.5 Å². The van der Waals surface area contributed by atoms with Crippen LogP contribution in [-0.4, -0.2) is 15.9 Å². The molecule has 0 saturated carbocycles. The summed E-state index contributed by atoms with van der Waals surface area (Å²) < 4.78 is 0. The Morgan fingerprint density at radius 1 is 0.963 bits per heavy atom. The first kappa shape index (κ1) is 17.0. The Labute approximate surface area is 156 Å². The minimum Gasteiger partial charge on any atom is -0.348 e. The highest BCUT2D eigenvalue weighted by molar-refractivity contribution is 6.17. The highest BCUT2D eigenvalue weighted by Gasteiger charge is 2.20. The normalized spacial score (nSPS) is 11.0. The topological polar surface area (TPSA) is 74.8 Å². The molecule has 27 heavy (non-hydrogen) atoms. The van der Waals surface area contributed by atoms with E-state index in [1.807, 2.05) is 54.6 Å². The van der Waals surface area contributed by atoms with E-state index in [0.29, 0.717) is 39.8 Å². The van der Waals surface area contributed by atoms with E-state index in [9.17, 15) is 9.59 Å². The second-order valence-electron chi connectivity index (χ2n) is 6.58. The van der Waals surface area contributed by atoms with E-state index < -0.39 is 0 Å². The molecule has 0 aliphatic rings. The van der Waals surface area contributed by atoms with Crippen LogP contribution in [0, 0.1) is 13.8 Å². The Balaban J connectivity index is 1.91. The molecular formula is C22H19N3O2. The SMILES string of the molecule is Cc1nc(C)c2c(=O)[nH]c3ccccc3c2c1C(=O)NCc1ccccc1. The van der Waals surface area contributed by atoms with Gasteiger partial charge in [-0.3, -0.25) is 14.6 Å². The third-order valence-electron chi connectivity index (χ3n) is 4.75. The van der Waals surface area contributed by atoms with Crippen LogP contribution in [0.15, 0.2) is 59.4 Å². The number of nitrogens with one attached hydrogen (secondary N) is 2. The van der Waals surface area contributed by atoms with Crippen molar-refractivity contribution in [3.8, 4) is 0 Å². The van der Waals surface area contributed by atoms with Gasteiger partial charge in [0.25, 0.3) is 11.5 Å². The number of H-pyrrole nitrogens is 1. The zero-order chi connectivity index (χ0) is 19.0. The number of rotatable bonds is 3. The maximum atomic E-state index is 13.1. The van der Waals surface area contributed by atoms with Crippen LogP contribution in [0.2, 0.25) is 0 Å². The number of fused-ring (bicyclic) bond motifs is 3. The molecule has 5 heteroatoms. The number of hydrogen-bond donors (Lipinski definition) is 2. The minimum atomic E-state index is -0.232. The molecule has 2 aromatic carbocycles. The fourth-order valence-electron chi connectivity index (χ4n) is 3.54. The van der Waals surface area contributed by atoms with Gasteiger partial charge in [0.05, 0.1) is 22.3 Å². The second-order valence-corrected chi connectivity index (χ2v) is 6.58. The van der Waals surface area contributed by atoms with Crippen molar-refractivity contribution in [1.82, 2.24) is 15.3 Å². The molecule has 0 fully saturated rings. The summed E-state index contributed by atoms with van der Waals surface area (Å²) in [6, 6.07) is 17.2. The summed E-state index contributed by atoms with van der Waals surface area (Å²) in [7, 11) is 0. The van der Waals surface area contributed by atoms with Crippen molar-refractivity contribution in [2.75, 3.05) is 0 Å². The van der Waals surface area contributed by atoms with Crippen LogP contribution in [-0.2, 0) is 6.54 Å². The highest BCUT2D eigenvalue weighted by atomic mass is 16.1. The van der Waals surface area contributed by atoms with Gasteiger partial charge in [0.2, 0.25) is 0 Å². The fourth-order valence-corrected chi connectivity index (χ4v) is 3.54. The average molecular weight is 357 g/mol. The minimum absolute atomic E-state index is 0.231. The maximum Gasteiger partial charge on any atom is 0.258 e. The molecule has 4 aromatic rings. The molecule has 0 unspecified atom stereocenters. The lowest BCUT2D eigenvalue weighted by atomic mass is 9.98. The lowest BCUT2D eigenvalue weighted by molar-refractivity contribution is 0.0951. The molecule has 0 radical (unpaired) electrons. The molecule has 0 aliphatic heterocycles. The van der Waals surface area contributed by atoms with Gasteiger partial charge >= 0.3 is 0 Å². The van der Waals surface area contributed by atoms with Gasteiger partial charge in [-0.15, -0.1) is 0 Å². The van der Waals surface area contributed by atoms with Crippen LogP contribution in [0.5, 0.6) is 0 Å². The third-order valence-corrected chi connectivity index (χ3v) is 4.75. The molecule has 134 valence electrons. The Morgan fingerprint density at radius 2 is 1.67 bits per heavy atom. The number of nitrogens with zero attached hydrogens (tertiary/aromatic N) is 1. The molecule has 2 heterocycles. The molecular weight excluding hydrogens is 338 g/mol. The first-order chi connectivity index (χ1) is 13.1. The van der Waals surface area contributed by atoms with Gasteiger partial charge in [-0.2, -0.15) is 0 Å². The van der Waals surface area contributed by atoms with Crippen LogP contribution < -0.4 is 10.9 Å². The van der Waals surface area contributed by atoms with E-state index in [-0.39, 0.29) is 11.5 Å². The molecule has 2 N–H and O–H groups in total. The predicted molar refractivity (Wildman–Crippen MR) is 107 cm³/mol. The van der Waals surface area contributed by atoms with Gasteiger partial charge in [-0.05, 0) is 25.5 Å². The number of pyridine rings is 2.